The molecule has 0 spiro atoms. The third kappa shape index (κ3) is 2.17. The number of aliphatic hydroxyl groups is 1. The van der Waals surface area contributed by atoms with Crippen molar-refractivity contribution in [3.05, 3.63) is 29.6 Å². The Bertz CT molecular complexity index is 291. The maximum Gasteiger partial charge on any atom is 0.131 e. The van der Waals surface area contributed by atoms with Crippen LogP contribution < -0.4 is 10.5 Å². The Balaban J connectivity index is 2.98. The third-order valence-corrected chi connectivity index (χ3v) is 1.80. The molecule has 0 aliphatic heterocycles. The van der Waals surface area contributed by atoms with E-state index < -0.39 is 11.9 Å². The summed E-state index contributed by atoms with van der Waals surface area (Å²) in [6.07, 6.45) is 0. The zero-order chi connectivity index (χ0) is 9.84. The van der Waals surface area contributed by atoms with Crippen LogP contribution in [0.15, 0.2) is 18.2 Å². The number of ether oxygens (including phenoxy) is 1. The van der Waals surface area contributed by atoms with Gasteiger partial charge in [0.25, 0.3) is 0 Å². The molecule has 3 nitrogen and oxygen atoms in total. The van der Waals surface area contributed by atoms with Crippen LogP contribution in [0.25, 0.3) is 0 Å². The van der Waals surface area contributed by atoms with Gasteiger partial charge in [-0.1, -0.05) is 6.07 Å². The van der Waals surface area contributed by atoms with Crippen LogP contribution in [-0.4, -0.2) is 18.8 Å². The zero-order valence-corrected chi connectivity index (χ0v) is 7.33. The molecule has 0 bridgehead atoms. The number of benzene rings is 1. The van der Waals surface area contributed by atoms with Crippen molar-refractivity contribution >= 4 is 0 Å². The molecule has 0 heterocycles. The molecule has 0 radical (unpaired) electrons. The van der Waals surface area contributed by atoms with E-state index in [9.17, 15) is 4.39 Å². The first-order chi connectivity index (χ1) is 6.19. The Morgan fingerprint density at radius 2 is 2.31 bits per heavy atom. The minimum atomic E-state index is -0.675. The molecule has 0 saturated heterocycles. The Kier molecular flexibility index (Phi) is 3.22. The molecular formula is C9H12FNO2. The second kappa shape index (κ2) is 4.20. The van der Waals surface area contributed by atoms with Crippen molar-refractivity contribution in [1.29, 1.82) is 0 Å². The van der Waals surface area contributed by atoms with E-state index in [-0.39, 0.29) is 6.61 Å². The van der Waals surface area contributed by atoms with E-state index >= 15 is 0 Å². The van der Waals surface area contributed by atoms with Crippen molar-refractivity contribution in [3.8, 4) is 5.75 Å². The summed E-state index contributed by atoms with van der Waals surface area (Å²) < 4.78 is 18.0. The fraction of sp³-hybridized carbons (Fsp3) is 0.333. The molecule has 0 aromatic heterocycles. The molecule has 1 aromatic carbocycles. The Labute approximate surface area is 75.9 Å². The number of hydrogen-bond acceptors (Lipinski definition) is 3. The molecule has 0 saturated carbocycles. The number of methoxy groups -OCH3 is 1. The average molecular weight is 185 g/mol. The van der Waals surface area contributed by atoms with Crippen molar-refractivity contribution in [3.63, 3.8) is 0 Å². The van der Waals surface area contributed by atoms with Gasteiger partial charge in [-0.15, -0.1) is 0 Å². The molecule has 0 unspecified atom stereocenters. The standard InChI is InChI=1S/C9H12FNO2/c1-13-6-2-3-7(8(10)4-6)9(11)5-12/h2-4,9,12H,5,11H2,1H3/t9-/m0/s1. The fourth-order valence-corrected chi connectivity index (χ4v) is 1.03. The molecule has 4 heteroatoms. The molecule has 0 aliphatic rings. The normalized spacial score (nSPS) is 12.6. The fourth-order valence-electron chi connectivity index (χ4n) is 1.03. The van der Waals surface area contributed by atoms with E-state index in [0.29, 0.717) is 11.3 Å². The average Bonchev–Trinajstić information content (AvgIpc) is 2.16. The van der Waals surface area contributed by atoms with Gasteiger partial charge in [0.15, 0.2) is 0 Å². The van der Waals surface area contributed by atoms with Crippen LogP contribution in [0.2, 0.25) is 0 Å². The molecule has 0 fully saturated rings. The van der Waals surface area contributed by atoms with Crippen LogP contribution in [0.4, 0.5) is 4.39 Å². The smallest absolute Gasteiger partial charge is 0.131 e. The van der Waals surface area contributed by atoms with Gasteiger partial charge in [-0.25, -0.2) is 4.39 Å². The highest BCUT2D eigenvalue weighted by atomic mass is 19.1. The molecule has 1 atom stereocenters. The first-order valence-electron chi connectivity index (χ1n) is 3.89. The lowest BCUT2D eigenvalue weighted by molar-refractivity contribution is 0.265. The van der Waals surface area contributed by atoms with Gasteiger partial charge in [-0.3, -0.25) is 0 Å². The molecule has 13 heavy (non-hydrogen) atoms. The van der Waals surface area contributed by atoms with Crippen molar-refractivity contribution in [2.45, 2.75) is 6.04 Å². The summed E-state index contributed by atoms with van der Waals surface area (Å²) in [4.78, 5) is 0. The van der Waals surface area contributed by atoms with Crippen molar-refractivity contribution < 1.29 is 14.2 Å². The zero-order valence-electron chi connectivity index (χ0n) is 7.33. The van der Waals surface area contributed by atoms with Gasteiger partial charge in [0.2, 0.25) is 0 Å². The van der Waals surface area contributed by atoms with Gasteiger partial charge in [-0.2, -0.15) is 0 Å². The minimum absolute atomic E-state index is 0.275. The van der Waals surface area contributed by atoms with Gasteiger partial charge >= 0.3 is 0 Å². The van der Waals surface area contributed by atoms with Gasteiger partial charge in [-0.05, 0) is 6.07 Å². The lowest BCUT2D eigenvalue weighted by Crippen LogP contribution is -2.15. The quantitative estimate of drug-likeness (QED) is 0.733. The van der Waals surface area contributed by atoms with E-state index in [0.717, 1.165) is 0 Å². The summed E-state index contributed by atoms with van der Waals surface area (Å²) in [5.74, 6) is -0.0210. The van der Waals surface area contributed by atoms with Crippen molar-refractivity contribution in [1.82, 2.24) is 0 Å². The summed E-state index contributed by atoms with van der Waals surface area (Å²) >= 11 is 0. The number of hydrogen-bond donors (Lipinski definition) is 2. The summed E-state index contributed by atoms with van der Waals surface area (Å²) in [5.41, 5.74) is 5.75. The van der Waals surface area contributed by atoms with Crippen LogP contribution in [-0.2, 0) is 0 Å². The van der Waals surface area contributed by atoms with Gasteiger partial charge in [0.05, 0.1) is 19.8 Å². The highest BCUT2D eigenvalue weighted by molar-refractivity contribution is 5.30. The largest absolute Gasteiger partial charge is 0.497 e. The van der Waals surface area contributed by atoms with E-state index in [2.05, 4.69) is 0 Å². The summed E-state index contributed by atoms with van der Waals surface area (Å²) in [6, 6.07) is 3.68. The Morgan fingerprint density at radius 3 is 2.77 bits per heavy atom. The van der Waals surface area contributed by atoms with Crippen LogP contribution in [0.3, 0.4) is 0 Å². The maximum absolute atomic E-state index is 13.2. The summed E-state index contributed by atoms with van der Waals surface area (Å²) in [5, 5.41) is 8.72. The minimum Gasteiger partial charge on any atom is -0.497 e. The Morgan fingerprint density at radius 1 is 1.62 bits per heavy atom. The predicted molar refractivity (Wildman–Crippen MR) is 47.0 cm³/mol. The lowest BCUT2D eigenvalue weighted by atomic mass is 10.1. The number of nitrogens with two attached hydrogens (primary N) is 1. The molecular weight excluding hydrogens is 173 g/mol. The summed E-state index contributed by atoms with van der Waals surface area (Å²) in [7, 11) is 1.46. The van der Waals surface area contributed by atoms with E-state index in [1.165, 1.54) is 19.2 Å². The van der Waals surface area contributed by atoms with Crippen LogP contribution >= 0.6 is 0 Å². The van der Waals surface area contributed by atoms with E-state index in [1.807, 2.05) is 0 Å². The van der Waals surface area contributed by atoms with Crippen molar-refractivity contribution in [2.24, 2.45) is 5.73 Å². The maximum atomic E-state index is 13.2. The molecule has 72 valence electrons. The predicted octanol–water partition coefficient (Wildman–Crippen LogP) is 0.826. The second-order valence-electron chi connectivity index (χ2n) is 2.68. The van der Waals surface area contributed by atoms with Crippen molar-refractivity contribution in [2.75, 3.05) is 13.7 Å². The molecule has 0 amide bonds. The molecule has 0 aliphatic carbocycles. The first kappa shape index (κ1) is 9.95. The second-order valence-corrected chi connectivity index (χ2v) is 2.68. The highest BCUT2D eigenvalue weighted by Gasteiger charge is 2.10. The monoisotopic (exact) mass is 185 g/mol. The van der Waals surface area contributed by atoms with E-state index in [1.54, 1.807) is 6.07 Å². The first-order valence-corrected chi connectivity index (χ1v) is 3.89. The molecule has 1 aromatic rings. The van der Waals surface area contributed by atoms with Gasteiger partial charge < -0.3 is 15.6 Å². The molecule has 3 N–H and O–H groups in total. The molecule has 1 rings (SSSR count). The van der Waals surface area contributed by atoms with Crippen LogP contribution in [0.5, 0.6) is 5.75 Å². The van der Waals surface area contributed by atoms with Gasteiger partial charge in [0, 0.05) is 11.6 Å². The SMILES string of the molecule is COc1ccc([C@@H](N)CO)c(F)c1. The van der Waals surface area contributed by atoms with Gasteiger partial charge in [0.1, 0.15) is 11.6 Å². The highest BCUT2D eigenvalue weighted by Crippen LogP contribution is 2.20. The van der Waals surface area contributed by atoms with Crippen LogP contribution in [0, 0.1) is 5.82 Å². The van der Waals surface area contributed by atoms with Crippen LogP contribution in [0.1, 0.15) is 11.6 Å². The Hall–Kier alpha value is -1.13. The third-order valence-electron chi connectivity index (χ3n) is 1.80. The lowest BCUT2D eigenvalue weighted by Gasteiger charge is -2.10. The summed E-state index contributed by atoms with van der Waals surface area (Å²) in [6.45, 7) is -0.275. The number of rotatable bonds is 3. The topological polar surface area (TPSA) is 55.5 Å². The van der Waals surface area contributed by atoms with E-state index in [4.69, 9.17) is 15.6 Å². The number of halogens is 1. The number of aliphatic hydroxyl groups excluding tert-OH is 1.